The molecule has 1 heterocycles. The van der Waals surface area contributed by atoms with Crippen molar-refractivity contribution in [2.75, 3.05) is 0 Å². The van der Waals surface area contributed by atoms with Crippen LogP contribution in [0.2, 0.25) is 0 Å². The highest BCUT2D eigenvalue weighted by molar-refractivity contribution is 9.10. The molecular formula is C13H13BrFN3. The monoisotopic (exact) mass is 309 g/mol. The van der Waals surface area contributed by atoms with Crippen LogP contribution in [0.5, 0.6) is 0 Å². The van der Waals surface area contributed by atoms with E-state index in [2.05, 4.69) is 26.3 Å². The smallest absolute Gasteiger partial charge is 0.137 e. The van der Waals surface area contributed by atoms with Crippen LogP contribution in [0.4, 0.5) is 4.39 Å². The maximum Gasteiger partial charge on any atom is 0.137 e. The molecule has 0 spiro atoms. The molecule has 1 aromatic heterocycles. The van der Waals surface area contributed by atoms with E-state index in [0.717, 1.165) is 16.8 Å². The van der Waals surface area contributed by atoms with Crippen LogP contribution in [-0.2, 0) is 0 Å². The van der Waals surface area contributed by atoms with E-state index in [1.807, 2.05) is 19.1 Å². The van der Waals surface area contributed by atoms with Gasteiger partial charge in [0.15, 0.2) is 0 Å². The van der Waals surface area contributed by atoms with Crippen LogP contribution in [0.15, 0.2) is 41.0 Å². The molecule has 0 aliphatic heterocycles. The highest BCUT2D eigenvalue weighted by atomic mass is 79.9. The van der Waals surface area contributed by atoms with Gasteiger partial charge in [-0.25, -0.2) is 9.82 Å². The summed E-state index contributed by atoms with van der Waals surface area (Å²) in [5.41, 5.74) is 5.46. The topological polar surface area (TPSA) is 50.9 Å². The molecule has 2 aromatic rings. The second-order valence-electron chi connectivity index (χ2n) is 4.01. The summed E-state index contributed by atoms with van der Waals surface area (Å²) in [6.45, 7) is 1.92. The fourth-order valence-electron chi connectivity index (χ4n) is 1.73. The number of aryl methyl sites for hydroxylation is 1. The maximum atomic E-state index is 13.2. The molecule has 5 heteroatoms. The summed E-state index contributed by atoms with van der Waals surface area (Å²) in [7, 11) is 0. The molecule has 1 aromatic carbocycles. The van der Waals surface area contributed by atoms with Crippen LogP contribution in [0, 0.1) is 12.7 Å². The van der Waals surface area contributed by atoms with Crippen molar-refractivity contribution in [3.63, 3.8) is 0 Å². The Balaban J connectivity index is 2.38. The van der Waals surface area contributed by atoms with Crippen molar-refractivity contribution in [1.82, 2.24) is 10.4 Å². The van der Waals surface area contributed by atoms with Crippen LogP contribution < -0.4 is 11.3 Å². The molecule has 0 saturated heterocycles. The van der Waals surface area contributed by atoms with Crippen LogP contribution in [0.3, 0.4) is 0 Å². The van der Waals surface area contributed by atoms with Crippen LogP contribution in [0.25, 0.3) is 0 Å². The number of benzene rings is 1. The lowest BCUT2D eigenvalue weighted by atomic mass is 10.0. The summed E-state index contributed by atoms with van der Waals surface area (Å²) in [6, 6.07) is 8.47. The zero-order valence-corrected chi connectivity index (χ0v) is 11.4. The fourth-order valence-corrected chi connectivity index (χ4v) is 2.12. The molecule has 1 atom stereocenters. The number of nitrogens with zero attached hydrogens (tertiary/aromatic N) is 1. The van der Waals surface area contributed by atoms with Crippen LogP contribution in [-0.4, -0.2) is 4.98 Å². The van der Waals surface area contributed by atoms with Crippen molar-refractivity contribution in [3.8, 4) is 0 Å². The number of hydrogen-bond acceptors (Lipinski definition) is 3. The number of nitrogens with two attached hydrogens (primary N) is 1. The average Bonchev–Trinajstić information content (AvgIpc) is 2.37. The maximum absolute atomic E-state index is 13.2. The molecule has 0 aliphatic rings. The molecule has 2 rings (SSSR count). The number of hydrazine groups is 1. The van der Waals surface area contributed by atoms with E-state index in [1.165, 1.54) is 6.07 Å². The van der Waals surface area contributed by atoms with E-state index in [-0.39, 0.29) is 11.9 Å². The molecule has 0 amide bonds. The Morgan fingerprint density at radius 3 is 2.56 bits per heavy atom. The van der Waals surface area contributed by atoms with Crippen LogP contribution >= 0.6 is 15.9 Å². The van der Waals surface area contributed by atoms with Gasteiger partial charge in [0.1, 0.15) is 5.82 Å². The SMILES string of the molecule is Cc1ccc(C(NN)c2ccc(F)c(Br)c2)cn1. The number of rotatable bonds is 3. The Morgan fingerprint density at radius 1 is 1.28 bits per heavy atom. The lowest BCUT2D eigenvalue weighted by Gasteiger charge is -2.17. The van der Waals surface area contributed by atoms with Crippen molar-refractivity contribution in [2.45, 2.75) is 13.0 Å². The van der Waals surface area contributed by atoms with Crippen molar-refractivity contribution < 1.29 is 4.39 Å². The minimum atomic E-state index is -0.295. The predicted molar refractivity (Wildman–Crippen MR) is 72.2 cm³/mol. The quantitative estimate of drug-likeness (QED) is 0.677. The van der Waals surface area contributed by atoms with E-state index < -0.39 is 0 Å². The van der Waals surface area contributed by atoms with E-state index in [1.54, 1.807) is 18.3 Å². The number of aromatic nitrogens is 1. The minimum Gasteiger partial charge on any atom is -0.271 e. The number of nitrogens with one attached hydrogen (secondary N) is 1. The van der Waals surface area contributed by atoms with Gasteiger partial charge in [-0.1, -0.05) is 12.1 Å². The molecule has 0 fully saturated rings. The summed E-state index contributed by atoms with van der Waals surface area (Å²) in [5, 5.41) is 0. The first-order valence-corrected chi connectivity index (χ1v) is 6.24. The van der Waals surface area contributed by atoms with Gasteiger partial charge in [-0.3, -0.25) is 10.8 Å². The second kappa shape index (κ2) is 5.56. The summed E-state index contributed by atoms with van der Waals surface area (Å²) >= 11 is 3.17. The van der Waals surface area contributed by atoms with Gasteiger partial charge in [-0.05, 0) is 52.2 Å². The molecule has 0 bridgehead atoms. The van der Waals surface area contributed by atoms with Gasteiger partial charge in [0, 0.05) is 11.9 Å². The normalized spacial score (nSPS) is 12.4. The number of pyridine rings is 1. The Labute approximate surface area is 113 Å². The van der Waals surface area contributed by atoms with Gasteiger partial charge in [0.2, 0.25) is 0 Å². The number of hydrogen-bond donors (Lipinski definition) is 2. The van der Waals surface area contributed by atoms with Gasteiger partial charge in [-0.2, -0.15) is 0 Å². The largest absolute Gasteiger partial charge is 0.271 e. The molecule has 18 heavy (non-hydrogen) atoms. The molecular weight excluding hydrogens is 297 g/mol. The Kier molecular flexibility index (Phi) is 4.06. The van der Waals surface area contributed by atoms with Gasteiger partial charge in [-0.15, -0.1) is 0 Å². The third-order valence-corrected chi connectivity index (χ3v) is 3.32. The summed E-state index contributed by atoms with van der Waals surface area (Å²) in [5.74, 6) is 5.28. The third kappa shape index (κ3) is 2.75. The standard InChI is InChI=1S/C13H13BrFN3/c1-8-2-3-10(7-17-8)13(18-16)9-4-5-12(15)11(14)6-9/h2-7,13,18H,16H2,1H3. The first-order valence-electron chi connectivity index (χ1n) is 5.45. The molecule has 94 valence electrons. The Hall–Kier alpha value is -1.30. The molecule has 1 unspecified atom stereocenters. The summed E-state index contributed by atoms with van der Waals surface area (Å²) in [6.07, 6.45) is 1.76. The van der Waals surface area contributed by atoms with E-state index in [0.29, 0.717) is 4.47 Å². The van der Waals surface area contributed by atoms with Gasteiger partial charge in [0.25, 0.3) is 0 Å². The summed E-state index contributed by atoms with van der Waals surface area (Å²) < 4.78 is 13.6. The van der Waals surface area contributed by atoms with E-state index >= 15 is 0 Å². The fraction of sp³-hybridized carbons (Fsp3) is 0.154. The highest BCUT2D eigenvalue weighted by Gasteiger charge is 2.14. The van der Waals surface area contributed by atoms with E-state index in [4.69, 9.17) is 5.84 Å². The van der Waals surface area contributed by atoms with Gasteiger partial charge >= 0.3 is 0 Å². The van der Waals surface area contributed by atoms with Crippen molar-refractivity contribution in [3.05, 3.63) is 63.6 Å². The first-order chi connectivity index (χ1) is 8.61. The lowest BCUT2D eigenvalue weighted by molar-refractivity contribution is 0.609. The van der Waals surface area contributed by atoms with Crippen LogP contribution in [0.1, 0.15) is 22.9 Å². The van der Waals surface area contributed by atoms with Crippen molar-refractivity contribution in [2.24, 2.45) is 5.84 Å². The average molecular weight is 310 g/mol. The van der Waals surface area contributed by atoms with Crippen molar-refractivity contribution >= 4 is 15.9 Å². The number of halogens is 2. The second-order valence-corrected chi connectivity index (χ2v) is 4.86. The predicted octanol–water partition coefficient (Wildman–Crippen LogP) is 2.84. The molecule has 0 radical (unpaired) electrons. The molecule has 0 saturated carbocycles. The molecule has 3 nitrogen and oxygen atoms in total. The Morgan fingerprint density at radius 2 is 2.00 bits per heavy atom. The zero-order valence-electron chi connectivity index (χ0n) is 9.82. The Bertz CT molecular complexity index is 542. The summed E-state index contributed by atoms with van der Waals surface area (Å²) in [4.78, 5) is 4.23. The highest BCUT2D eigenvalue weighted by Crippen LogP contribution is 2.25. The zero-order chi connectivity index (χ0) is 13.1. The van der Waals surface area contributed by atoms with Gasteiger partial charge in [0.05, 0.1) is 10.5 Å². The lowest BCUT2D eigenvalue weighted by Crippen LogP contribution is -2.29. The minimum absolute atomic E-state index is 0.213. The molecule has 3 N–H and O–H groups in total. The van der Waals surface area contributed by atoms with Gasteiger partial charge < -0.3 is 0 Å². The molecule has 0 aliphatic carbocycles. The third-order valence-electron chi connectivity index (χ3n) is 2.71. The first kappa shape index (κ1) is 13.1. The van der Waals surface area contributed by atoms with Crippen molar-refractivity contribution in [1.29, 1.82) is 0 Å². The van der Waals surface area contributed by atoms with E-state index in [9.17, 15) is 4.39 Å².